The molecule has 0 atom stereocenters. The van der Waals surface area contributed by atoms with Crippen molar-refractivity contribution < 1.29 is 0 Å². The van der Waals surface area contributed by atoms with Crippen LogP contribution in [0.5, 0.6) is 0 Å². The van der Waals surface area contributed by atoms with Crippen LogP contribution in [0.1, 0.15) is 16.7 Å². The van der Waals surface area contributed by atoms with E-state index in [4.69, 9.17) is 5.26 Å². The van der Waals surface area contributed by atoms with E-state index in [-0.39, 0.29) is 0 Å². The first kappa shape index (κ1) is 11.7. The molecule has 0 radical (unpaired) electrons. The molecule has 2 aromatic rings. The number of anilines is 1. The van der Waals surface area contributed by atoms with E-state index in [2.05, 4.69) is 39.1 Å². The first-order chi connectivity index (χ1) is 9.36. The summed E-state index contributed by atoms with van der Waals surface area (Å²) in [6.45, 7) is 1.84. The van der Waals surface area contributed by atoms with Gasteiger partial charge in [0.25, 0.3) is 0 Å². The number of aromatic nitrogens is 2. The van der Waals surface area contributed by atoms with E-state index in [0.717, 1.165) is 25.9 Å². The average Bonchev–Trinajstić information content (AvgIpc) is 2.70. The van der Waals surface area contributed by atoms with Crippen molar-refractivity contribution >= 4 is 5.95 Å². The van der Waals surface area contributed by atoms with Gasteiger partial charge < -0.3 is 4.90 Å². The minimum Gasteiger partial charge on any atom is -0.340 e. The number of hydrogen-bond acceptors (Lipinski definition) is 4. The molecule has 0 amide bonds. The van der Waals surface area contributed by atoms with Crippen LogP contribution in [0.3, 0.4) is 0 Å². The van der Waals surface area contributed by atoms with Crippen molar-refractivity contribution in [2.45, 2.75) is 12.8 Å². The van der Waals surface area contributed by atoms with E-state index < -0.39 is 0 Å². The molecule has 1 aromatic carbocycles. The van der Waals surface area contributed by atoms with Gasteiger partial charge >= 0.3 is 0 Å². The fraction of sp³-hybridized carbons (Fsp3) is 0.267. The van der Waals surface area contributed by atoms with E-state index in [1.54, 1.807) is 12.4 Å². The maximum atomic E-state index is 8.76. The van der Waals surface area contributed by atoms with Gasteiger partial charge in [0.15, 0.2) is 0 Å². The molecule has 4 nitrogen and oxygen atoms in total. The van der Waals surface area contributed by atoms with E-state index >= 15 is 0 Å². The van der Waals surface area contributed by atoms with Gasteiger partial charge in [0.2, 0.25) is 5.95 Å². The van der Waals surface area contributed by atoms with Gasteiger partial charge in [-0.2, -0.15) is 5.26 Å². The Labute approximate surface area is 112 Å². The minimum absolute atomic E-state index is 0.502. The molecule has 1 aromatic heterocycles. The van der Waals surface area contributed by atoms with Crippen LogP contribution < -0.4 is 4.90 Å². The normalized spacial score (nSPS) is 14.4. The summed E-state index contributed by atoms with van der Waals surface area (Å²) < 4.78 is 0. The summed E-state index contributed by atoms with van der Waals surface area (Å²) >= 11 is 0. The monoisotopic (exact) mass is 250 g/mol. The molecule has 0 aliphatic carbocycles. The topological polar surface area (TPSA) is 52.8 Å². The van der Waals surface area contributed by atoms with Crippen LogP contribution in [0.4, 0.5) is 5.95 Å². The highest BCUT2D eigenvalue weighted by atomic mass is 15.2. The van der Waals surface area contributed by atoms with Crippen LogP contribution in [0.25, 0.3) is 0 Å². The molecular formula is C15H14N4. The third-order valence-electron chi connectivity index (χ3n) is 3.47. The largest absolute Gasteiger partial charge is 0.340 e. The lowest BCUT2D eigenvalue weighted by Crippen LogP contribution is -2.27. The van der Waals surface area contributed by atoms with Crippen molar-refractivity contribution in [1.82, 2.24) is 9.97 Å². The number of fused-ring (bicyclic) bond motifs is 1. The molecule has 0 N–H and O–H groups in total. The van der Waals surface area contributed by atoms with Gasteiger partial charge in [-0.3, -0.25) is 0 Å². The van der Waals surface area contributed by atoms with Crippen LogP contribution in [0.15, 0.2) is 36.7 Å². The Bertz CT molecular complexity index is 586. The Morgan fingerprint density at radius 3 is 2.11 bits per heavy atom. The Balaban J connectivity index is 1.79. The zero-order valence-corrected chi connectivity index (χ0v) is 10.6. The van der Waals surface area contributed by atoms with E-state index in [1.807, 2.05) is 6.07 Å². The smallest absolute Gasteiger partial charge is 0.225 e. The van der Waals surface area contributed by atoms with E-state index in [9.17, 15) is 0 Å². The third kappa shape index (κ3) is 2.41. The molecule has 0 unspecified atom stereocenters. The number of nitrogens with zero attached hydrogens (tertiary/aromatic N) is 4. The van der Waals surface area contributed by atoms with Crippen molar-refractivity contribution in [2.24, 2.45) is 0 Å². The molecule has 1 aliphatic rings. The Hall–Kier alpha value is -2.41. The summed E-state index contributed by atoms with van der Waals surface area (Å²) in [5, 5.41) is 8.76. The van der Waals surface area contributed by atoms with Crippen molar-refractivity contribution in [3.63, 3.8) is 0 Å². The summed E-state index contributed by atoms with van der Waals surface area (Å²) in [5.41, 5.74) is 3.33. The van der Waals surface area contributed by atoms with Gasteiger partial charge in [-0.25, -0.2) is 9.97 Å². The van der Waals surface area contributed by atoms with E-state index in [0.29, 0.717) is 11.5 Å². The van der Waals surface area contributed by atoms with Crippen LogP contribution in [-0.2, 0) is 12.8 Å². The number of hydrogen-bond donors (Lipinski definition) is 0. The molecular weight excluding hydrogens is 236 g/mol. The Kier molecular flexibility index (Phi) is 3.11. The SMILES string of the molecule is N#Cc1cnc(N2CCc3ccccc3CC2)nc1. The zero-order valence-electron chi connectivity index (χ0n) is 10.6. The highest BCUT2D eigenvalue weighted by Gasteiger charge is 2.15. The van der Waals surface area contributed by atoms with Crippen LogP contribution in [0.2, 0.25) is 0 Å². The predicted molar refractivity (Wildman–Crippen MR) is 72.8 cm³/mol. The van der Waals surface area contributed by atoms with Gasteiger partial charge in [-0.15, -0.1) is 0 Å². The average molecular weight is 250 g/mol. The van der Waals surface area contributed by atoms with Gasteiger partial charge in [-0.05, 0) is 24.0 Å². The lowest BCUT2D eigenvalue weighted by atomic mass is 10.0. The minimum atomic E-state index is 0.502. The van der Waals surface area contributed by atoms with E-state index in [1.165, 1.54) is 11.1 Å². The summed E-state index contributed by atoms with van der Waals surface area (Å²) in [6, 6.07) is 10.6. The van der Waals surface area contributed by atoms with Crippen LogP contribution >= 0.6 is 0 Å². The second-order valence-electron chi connectivity index (χ2n) is 4.64. The molecule has 3 rings (SSSR count). The molecule has 0 fully saturated rings. The molecule has 94 valence electrons. The van der Waals surface area contributed by atoms with Crippen molar-refractivity contribution in [3.8, 4) is 6.07 Å². The Morgan fingerprint density at radius 2 is 1.58 bits per heavy atom. The molecule has 0 spiro atoms. The highest BCUT2D eigenvalue weighted by molar-refractivity contribution is 5.37. The molecule has 1 aliphatic heterocycles. The van der Waals surface area contributed by atoms with Crippen molar-refractivity contribution in [3.05, 3.63) is 53.3 Å². The zero-order chi connectivity index (χ0) is 13.1. The molecule has 0 saturated heterocycles. The number of benzene rings is 1. The van der Waals surface area contributed by atoms with Crippen LogP contribution in [0, 0.1) is 11.3 Å². The van der Waals surface area contributed by atoms with Crippen molar-refractivity contribution in [2.75, 3.05) is 18.0 Å². The molecule has 2 heterocycles. The quantitative estimate of drug-likeness (QED) is 0.776. The Morgan fingerprint density at radius 1 is 1.00 bits per heavy atom. The maximum absolute atomic E-state index is 8.76. The van der Waals surface area contributed by atoms with Gasteiger partial charge in [0.1, 0.15) is 6.07 Å². The predicted octanol–water partition coefficient (Wildman–Crippen LogP) is 1.95. The lowest BCUT2D eigenvalue weighted by molar-refractivity contribution is 0.772. The maximum Gasteiger partial charge on any atom is 0.225 e. The summed E-state index contributed by atoms with van der Waals surface area (Å²) in [4.78, 5) is 10.7. The third-order valence-corrected chi connectivity index (χ3v) is 3.47. The fourth-order valence-electron chi connectivity index (χ4n) is 2.41. The summed E-state index contributed by atoms with van der Waals surface area (Å²) in [7, 11) is 0. The first-order valence-corrected chi connectivity index (χ1v) is 6.41. The molecule has 0 saturated carbocycles. The standard InChI is InChI=1S/C15H14N4/c16-9-12-10-17-15(18-11-12)19-7-5-13-3-1-2-4-14(13)6-8-19/h1-4,10-11H,5-8H2. The van der Waals surface area contributed by atoms with Crippen LogP contribution in [-0.4, -0.2) is 23.1 Å². The molecule has 19 heavy (non-hydrogen) atoms. The fourth-order valence-corrected chi connectivity index (χ4v) is 2.41. The second kappa shape index (κ2) is 5.07. The van der Waals surface area contributed by atoms with Gasteiger partial charge in [0.05, 0.1) is 18.0 Å². The van der Waals surface area contributed by atoms with Gasteiger partial charge in [0, 0.05) is 13.1 Å². The summed E-state index contributed by atoms with van der Waals surface area (Å²) in [5.74, 6) is 0.715. The highest BCUT2D eigenvalue weighted by Crippen LogP contribution is 2.18. The molecule has 0 bridgehead atoms. The molecule has 4 heteroatoms. The van der Waals surface area contributed by atoms with Gasteiger partial charge in [-0.1, -0.05) is 24.3 Å². The van der Waals surface area contributed by atoms with Crippen molar-refractivity contribution in [1.29, 1.82) is 5.26 Å². The summed E-state index contributed by atoms with van der Waals surface area (Å²) in [6.07, 6.45) is 5.19. The second-order valence-corrected chi connectivity index (χ2v) is 4.64. The lowest BCUT2D eigenvalue weighted by Gasteiger charge is -2.19. The first-order valence-electron chi connectivity index (χ1n) is 6.41. The number of rotatable bonds is 1. The number of nitriles is 1.